The van der Waals surface area contributed by atoms with E-state index in [9.17, 15) is 0 Å². The van der Waals surface area contributed by atoms with Crippen LogP contribution >= 0.6 is 39.5 Å². The van der Waals surface area contributed by atoms with Crippen LogP contribution in [0.2, 0.25) is 0 Å². The molecule has 0 bridgehead atoms. The fourth-order valence-corrected chi connectivity index (χ4v) is 5.22. The molecule has 18 heavy (non-hydrogen) atoms. The minimum Gasteiger partial charge on any atom is -0.316 e. The lowest BCUT2D eigenvalue weighted by Gasteiger charge is -2.23. The molecular weight excluding hydrogens is 326 g/mol. The largest absolute Gasteiger partial charge is 0.316 e. The monoisotopic (exact) mass is 345 g/mol. The molecule has 1 atom stereocenters. The predicted molar refractivity (Wildman–Crippen MR) is 87.0 cm³/mol. The summed E-state index contributed by atoms with van der Waals surface area (Å²) >= 11 is 7.38. The van der Waals surface area contributed by atoms with Gasteiger partial charge in [-0.25, -0.2) is 0 Å². The van der Waals surface area contributed by atoms with Crippen LogP contribution in [-0.4, -0.2) is 25.6 Å². The SMILES string of the molecule is CSc1cc(CC2CCCNC2)cc(Br)c1SC. The van der Waals surface area contributed by atoms with Crippen LogP contribution in [0.4, 0.5) is 0 Å². The molecule has 0 radical (unpaired) electrons. The molecular formula is C14H20BrNS2. The van der Waals surface area contributed by atoms with Crippen LogP contribution in [0.5, 0.6) is 0 Å². The fraction of sp³-hybridized carbons (Fsp3) is 0.571. The Morgan fingerprint density at radius 2 is 2.17 bits per heavy atom. The number of piperidine rings is 1. The standard InChI is InChI=1S/C14H20BrNS2/c1-17-13-8-11(7-12(15)14(13)18-2)6-10-4-3-5-16-9-10/h7-8,10,16H,3-6,9H2,1-2H3. The quantitative estimate of drug-likeness (QED) is 0.810. The molecule has 1 aromatic rings. The summed E-state index contributed by atoms with van der Waals surface area (Å²) in [6.07, 6.45) is 8.19. The molecule has 0 saturated carbocycles. The van der Waals surface area contributed by atoms with Crippen LogP contribution in [0, 0.1) is 5.92 Å². The summed E-state index contributed by atoms with van der Waals surface area (Å²) in [6.45, 7) is 2.37. The molecule has 1 heterocycles. The summed E-state index contributed by atoms with van der Waals surface area (Å²) < 4.78 is 1.25. The molecule has 2 rings (SSSR count). The predicted octanol–water partition coefficient (Wildman–Crippen LogP) is 4.44. The Morgan fingerprint density at radius 3 is 2.78 bits per heavy atom. The van der Waals surface area contributed by atoms with Gasteiger partial charge < -0.3 is 5.32 Å². The average Bonchev–Trinajstić information content (AvgIpc) is 2.39. The number of nitrogens with one attached hydrogen (secondary N) is 1. The number of halogens is 1. The van der Waals surface area contributed by atoms with Gasteiger partial charge in [-0.05, 0) is 84.4 Å². The molecule has 100 valence electrons. The van der Waals surface area contributed by atoms with E-state index in [0.29, 0.717) is 0 Å². The van der Waals surface area contributed by atoms with Crippen molar-refractivity contribution in [2.75, 3.05) is 25.6 Å². The summed E-state index contributed by atoms with van der Waals surface area (Å²) in [5.74, 6) is 0.806. The molecule has 4 heteroatoms. The minimum absolute atomic E-state index is 0.806. The van der Waals surface area contributed by atoms with E-state index in [2.05, 4.69) is 45.9 Å². The number of benzene rings is 1. The van der Waals surface area contributed by atoms with Crippen molar-refractivity contribution in [2.45, 2.75) is 29.1 Å². The van der Waals surface area contributed by atoms with E-state index in [0.717, 1.165) is 5.92 Å². The van der Waals surface area contributed by atoms with Crippen LogP contribution in [-0.2, 0) is 6.42 Å². The van der Waals surface area contributed by atoms with E-state index in [1.807, 2.05) is 23.5 Å². The van der Waals surface area contributed by atoms with Crippen molar-refractivity contribution in [3.63, 3.8) is 0 Å². The van der Waals surface area contributed by atoms with Gasteiger partial charge in [-0.3, -0.25) is 0 Å². The Balaban J connectivity index is 2.15. The van der Waals surface area contributed by atoms with E-state index in [1.54, 1.807) is 0 Å². The van der Waals surface area contributed by atoms with Gasteiger partial charge >= 0.3 is 0 Å². The average molecular weight is 346 g/mol. The third-order valence-electron chi connectivity index (χ3n) is 3.42. The van der Waals surface area contributed by atoms with Gasteiger partial charge in [-0.2, -0.15) is 0 Å². The molecule has 1 saturated heterocycles. The highest BCUT2D eigenvalue weighted by Gasteiger charge is 2.15. The molecule has 0 spiro atoms. The topological polar surface area (TPSA) is 12.0 Å². The molecule has 1 unspecified atom stereocenters. The zero-order valence-electron chi connectivity index (χ0n) is 11.0. The molecule has 1 nitrogen and oxygen atoms in total. The van der Waals surface area contributed by atoms with Crippen LogP contribution in [0.1, 0.15) is 18.4 Å². The molecule has 1 aliphatic heterocycles. The van der Waals surface area contributed by atoms with Crippen molar-refractivity contribution < 1.29 is 0 Å². The van der Waals surface area contributed by atoms with E-state index < -0.39 is 0 Å². The molecule has 1 N–H and O–H groups in total. The normalized spacial score (nSPS) is 20.1. The van der Waals surface area contributed by atoms with Crippen molar-refractivity contribution >= 4 is 39.5 Å². The smallest absolute Gasteiger partial charge is 0.0348 e. The van der Waals surface area contributed by atoms with Crippen LogP contribution in [0.15, 0.2) is 26.4 Å². The van der Waals surface area contributed by atoms with E-state index in [4.69, 9.17) is 0 Å². The summed E-state index contributed by atoms with van der Waals surface area (Å²) in [7, 11) is 0. The van der Waals surface area contributed by atoms with Crippen molar-refractivity contribution in [3.05, 3.63) is 22.2 Å². The lowest BCUT2D eigenvalue weighted by Crippen LogP contribution is -2.30. The number of hydrogen-bond acceptors (Lipinski definition) is 3. The Morgan fingerprint density at radius 1 is 1.33 bits per heavy atom. The van der Waals surface area contributed by atoms with Gasteiger partial charge in [0.25, 0.3) is 0 Å². The maximum atomic E-state index is 3.71. The highest BCUT2D eigenvalue weighted by Crippen LogP contribution is 2.36. The maximum Gasteiger partial charge on any atom is 0.0348 e. The van der Waals surface area contributed by atoms with E-state index >= 15 is 0 Å². The summed E-state index contributed by atoms with van der Waals surface area (Å²) in [5.41, 5.74) is 1.47. The highest BCUT2D eigenvalue weighted by molar-refractivity contribution is 9.10. The second kappa shape index (κ2) is 7.22. The molecule has 1 aromatic carbocycles. The third kappa shape index (κ3) is 3.69. The minimum atomic E-state index is 0.806. The van der Waals surface area contributed by atoms with Crippen LogP contribution < -0.4 is 5.32 Å². The molecule has 0 aliphatic carbocycles. The van der Waals surface area contributed by atoms with Crippen molar-refractivity contribution in [2.24, 2.45) is 5.92 Å². The first-order chi connectivity index (χ1) is 8.74. The van der Waals surface area contributed by atoms with E-state index in [1.165, 1.54) is 52.2 Å². The second-order valence-corrected chi connectivity index (χ2v) is 7.25. The molecule has 1 aliphatic rings. The van der Waals surface area contributed by atoms with Gasteiger partial charge in [-0.15, -0.1) is 23.5 Å². The Kier molecular flexibility index (Phi) is 5.93. The van der Waals surface area contributed by atoms with Crippen LogP contribution in [0.25, 0.3) is 0 Å². The third-order valence-corrected chi connectivity index (χ3v) is 6.04. The van der Waals surface area contributed by atoms with Crippen molar-refractivity contribution in [1.29, 1.82) is 0 Å². The molecule has 0 aromatic heterocycles. The van der Waals surface area contributed by atoms with Crippen molar-refractivity contribution in [3.8, 4) is 0 Å². The van der Waals surface area contributed by atoms with Crippen molar-refractivity contribution in [1.82, 2.24) is 5.32 Å². The fourth-order valence-electron chi connectivity index (χ4n) is 2.52. The zero-order chi connectivity index (χ0) is 13.0. The van der Waals surface area contributed by atoms with Gasteiger partial charge in [0.05, 0.1) is 0 Å². The Labute approximate surface area is 127 Å². The summed E-state index contributed by atoms with van der Waals surface area (Å²) in [6, 6.07) is 4.68. The molecule has 1 fully saturated rings. The highest BCUT2D eigenvalue weighted by atomic mass is 79.9. The summed E-state index contributed by atoms with van der Waals surface area (Å²) in [4.78, 5) is 2.77. The van der Waals surface area contributed by atoms with Crippen LogP contribution in [0.3, 0.4) is 0 Å². The van der Waals surface area contributed by atoms with Gasteiger partial charge in [0.15, 0.2) is 0 Å². The van der Waals surface area contributed by atoms with Gasteiger partial charge in [0, 0.05) is 14.3 Å². The van der Waals surface area contributed by atoms with Gasteiger partial charge in [0.2, 0.25) is 0 Å². The lowest BCUT2D eigenvalue weighted by molar-refractivity contribution is 0.376. The van der Waals surface area contributed by atoms with Gasteiger partial charge in [-0.1, -0.05) is 0 Å². The zero-order valence-corrected chi connectivity index (χ0v) is 14.2. The second-order valence-electron chi connectivity index (χ2n) is 4.73. The maximum absolute atomic E-state index is 3.71. The number of hydrogen-bond donors (Lipinski definition) is 1. The molecule has 0 amide bonds. The first kappa shape index (κ1) is 14.8. The number of thioether (sulfide) groups is 2. The Bertz CT molecular complexity index is 403. The first-order valence-corrected chi connectivity index (χ1v) is 9.60. The van der Waals surface area contributed by atoms with E-state index in [-0.39, 0.29) is 0 Å². The Hall–Kier alpha value is 0.360. The number of rotatable bonds is 4. The first-order valence-electron chi connectivity index (χ1n) is 6.35. The van der Waals surface area contributed by atoms with Gasteiger partial charge in [0.1, 0.15) is 0 Å². The lowest BCUT2D eigenvalue weighted by atomic mass is 9.92. The summed E-state index contributed by atoms with van der Waals surface area (Å²) in [5, 5.41) is 3.50.